The van der Waals surface area contributed by atoms with Crippen LogP contribution >= 0.6 is 11.8 Å². The zero-order valence-electron chi connectivity index (χ0n) is 27.5. The lowest BCUT2D eigenvalue weighted by Gasteiger charge is -2.21. The average molecular weight is 668 g/mol. The fourth-order valence-electron chi connectivity index (χ4n) is 7.25. The highest BCUT2D eigenvalue weighted by Gasteiger charge is 2.22. The number of benzene rings is 8. The van der Waals surface area contributed by atoms with E-state index in [1.54, 1.807) is 0 Å². The zero-order valence-corrected chi connectivity index (χ0v) is 28.3. The Labute approximate surface area is 300 Å². The van der Waals surface area contributed by atoms with Gasteiger partial charge in [-0.2, -0.15) is 0 Å². The van der Waals surface area contributed by atoms with Gasteiger partial charge in [0, 0.05) is 26.5 Å². The van der Waals surface area contributed by atoms with Crippen molar-refractivity contribution in [2.75, 3.05) is 0 Å². The Bertz CT molecular complexity index is 2720. The summed E-state index contributed by atoms with van der Waals surface area (Å²) < 4.78 is 0. The molecule has 0 saturated heterocycles. The Morgan fingerprint density at radius 2 is 0.843 bits per heavy atom. The second kappa shape index (κ2) is 12.2. The van der Waals surface area contributed by atoms with Crippen LogP contribution in [-0.4, -0.2) is 15.0 Å². The summed E-state index contributed by atoms with van der Waals surface area (Å²) in [5.41, 5.74) is 10.1. The summed E-state index contributed by atoms with van der Waals surface area (Å²) in [6.07, 6.45) is 0. The number of aromatic nitrogens is 3. The molecular formula is C47H29N3S. The van der Waals surface area contributed by atoms with Gasteiger partial charge in [-0.15, -0.1) is 0 Å². The van der Waals surface area contributed by atoms with E-state index in [1.165, 1.54) is 48.4 Å². The fourth-order valence-corrected chi connectivity index (χ4v) is 8.36. The van der Waals surface area contributed by atoms with Gasteiger partial charge in [-0.1, -0.05) is 163 Å². The smallest absolute Gasteiger partial charge is 0.164 e. The molecule has 0 amide bonds. The molecule has 10 rings (SSSR count). The highest BCUT2D eigenvalue weighted by Crippen LogP contribution is 2.49. The van der Waals surface area contributed by atoms with Gasteiger partial charge in [0.05, 0.1) is 0 Å². The molecule has 0 spiro atoms. The molecule has 238 valence electrons. The normalized spacial score (nSPS) is 11.8. The lowest BCUT2D eigenvalue weighted by Crippen LogP contribution is -2.01. The van der Waals surface area contributed by atoms with E-state index in [0.29, 0.717) is 17.5 Å². The van der Waals surface area contributed by atoms with E-state index in [0.717, 1.165) is 33.0 Å². The van der Waals surface area contributed by atoms with Gasteiger partial charge in [0.25, 0.3) is 0 Å². The van der Waals surface area contributed by atoms with Gasteiger partial charge in [-0.25, -0.2) is 15.0 Å². The van der Waals surface area contributed by atoms with Crippen molar-refractivity contribution in [1.29, 1.82) is 0 Å². The molecule has 0 bridgehead atoms. The van der Waals surface area contributed by atoms with Crippen molar-refractivity contribution >= 4 is 33.3 Å². The summed E-state index contributed by atoms with van der Waals surface area (Å²) in [7, 11) is 0. The van der Waals surface area contributed by atoms with Crippen LogP contribution in [0.4, 0.5) is 0 Å². The van der Waals surface area contributed by atoms with Gasteiger partial charge in [0.1, 0.15) is 0 Å². The second-order valence-corrected chi connectivity index (χ2v) is 13.9. The molecule has 0 atom stereocenters. The van der Waals surface area contributed by atoms with Gasteiger partial charge in [-0.3, -0.25) is 0 Å². The molecule has 0 unspecified atom stereocenters. The maximum Gasteiger partial charge on any atom is 0.164 e. The average Bonchev–Trinajstić information content (AvgIpc) is 3.20. The number of hydrogen-bond donors (Lipinski definition) is 0. The van der Waals surface area contributed by atoms with E-state index >= 15 is 0 Å². The summed E-state index contributed by atoms with van der Waals surface area (Å²) >= 11 is 1.83. The summed E-state index contributed by atoms with van der Waals surface area (Å²) in [5.74, 6) is 1.94. The minimum absolute atomic E-state index is 0.643. The first-order chi connectivity index (χ1) is 25.3. The van der Waals surface area contributed by atoms with Crippen molar-refractivity contribution in [2.45, 2.75) is 9.79 Å². The van der Waals surface area contributed by atoms with Crippen LogP contribution in [0.25, 0.3) is 89.1 Å². The van der Waals surface area contributed by atoms with Crippen molar-refractivity contribution in [3.63, 3.8) is 0 Å². The Balaban J connectivity index is 1.21. The van der Waals surface area contributed by atoms with Crippen molar-refractivity contribution in [3.8, 4) is 67.5 Å². The molecule has 0 radical (unpaired) electrons. The lowest BCUT2D eigenvalue weighted by atomic mass is 9.89. The summed E-state index contributed by atoms with van der Waals surface area (Å²) in [4.78, 5) is 18.1. The Morgan fingerprint density at radius 3 is 1.61 bits per heavy atom. The van der Waals surface area contributed by atoms with Crippen molar-refractivity contribution in [3.05, 3.63) is 176 Å². The maximum absolute atomic E-state index is 5.23. The first kappa shape index (κ1) is 29.5. The highest BCUT2D eigenvalue weighted by atomic mass is 32.2. The van der Waals surface area contributed by atoms with E-state index in [9.17, 15) is 0 Å². The minimum atomic E-state index is 0.643. The first-order valence-electron chi connectivity index (χ1n) is 17.1. The van der Waals surface area contributed by atoms with E-state index < -0.39 is 0 Å². The highest BCUT2D eigenvalue weighted by molar-refractivity contribution is 7.99. The van der Waals surface area contributed by atoms with Crippen LogP contribution in [0.5, 0.6) is 0 Å². The van der Waals surface area contributed by atoms with Crippen LogP contribution in [0.3, 0.4) is 0 Å². The third-order valence-electron chi connectivity index (χ3n) is 9.75. The largest absolute Gasteiger partial charge is 0.208 e. The summed E-state index contributed by atoms with van der Waals surface area (Å²) in [6.45, 7) is 0. The van der Waals surface area contributed by atoms with Crippen LogP contribution in [0.2, 0.25) is 0 Å². The van der Waals surface area contributed by atoms with Gasteiger partial charge >= 0.3 is 0 Å². The molecule has 9 aromatic rings. The molecule has 0 aliphatic carbocycles. The Morgan fingerprint density at radius 1 is 0.314 bits per heavy atom. The lowest BCUT2D eigenvalue weighted by molar-refractivity contribution is 1.08. The molecule has 1 aliphatic heterocycles. The van der Waals surface area contributed by atoms with E-state index in [-0.39, 0.29) is 0 Å². The topological polar surface area (TPSA) is 38.7 Å². The summed E-state index contributed by atoms with van der Waals surface area (Å²) in [5, 5.41) is 4.65. The van der Waals surface area contributed by atoms with Gasteiger partial charge < -0.3 is 0 Å². The minimum Gasteiger partial charge on any atom is -0.208 e. The van der Waals surface area contributed by atoms with Crippen LogP contribution < -0.4 is 0 Å². The molecule has 51 heavy (non-hydrogen) atoms. The molecule has 3 nitrogen and oxygen atoms in total. The number of fused-ring (bicyclic) bond motifs is 5. The van der Waals surface area contributed by atoms with Gasteiger partial charge in [0.2, 0.25) is 0 Å². The second-order valence-electron chi connectivity index (χ2n) is 12.8. The molecule has 2 heterocycles. The van der Waals surface area contributed by atoms with Crippen molar-refractivity contribution < 1.29 is 0 Å². The first-order valence-corrected chi connectivity index (χ1v) is 17.9. The SMILES string of the molecule is c1ccc(-c2ccc(-c3nc(-c4ccc5ccccc5c4)nc(-c4ccc5c6c(cccc46)-c4ccccc4Sc4ccccc4-5)n3)cc2)cc1. The van der Waals surface area contributed by atoms with Crippen LogP contribution in [0.15, 0.2) is 186 Å². The molecule has 1 aromatic heterocycles. The van der Waals surface area contributed by atoms with E-state index in [1.807, 2.05) is 17.8 Å². The summed E-state index contributed by atoms with van der Waals surface area (Å²) in [6, 6.07) is 62.3. The molecule has 0 saturated carbocycles. The van der Waals surface area contributed by atoms with Crippen LogP contribution in [0.1, 0.15) is 0 Å². The molecular weight excluding hydrogens is 639 g/mol. The third-order valence-corrected chi connectivity index (χ3v) is 10.9. The standard InChI is InChI=1S/C47H29N3S/c1-2-11-30(12-3-1)32-21-24-33(25-22-32)45-48-46(35-26-23-31-13-4-5-14-34(31)29-35)50-47(49-45)41-28-27-40-37-16-7-9-20-43(37)51-42-19-8-6-15-36(42)38-17-10-18-39(41)44(38)40/h1-29H. The third kappa shape index (κ3) is 5.20. The monoisotopic (exact) mass is 667 g/mol. The number of nitrogens with zero attached hydrogens (tertiary/aromatic N) is 3. The molecule has 4 heteroatoms. The van der Waals surface area contributed by atoms with E-state index in [4.69, 9.17) is 15.0 Å². The van der Waals surface area contributed by atoms with Gasteiger partial charge in [-0.05, 0) is 79.2 Å². The molecule has 0 fully saturated rings. The zero-order chi connectivity index (χ0) is 33.7. The van der Waals surface area contributed by atoms with Crippen molar-refractivity contribution in [1.82, 2.24) is 15.0 Å². The van der Waals surface area contributed by atoms with E-state index in [2.05, 4.69) is 170 Å². The predicted octanol–water partition coefficient (Wildman–Crippen LogP) is 12.6. The van der Waals surface area contributed by atoms with Crippen molar-refractivity contribution in [2.24, 2.45) is 0 Å². The fraction of sp³-hybridized carbons (Fsp3) is 0. The Hall–Kier alpha value is -6.36. The quantitative estimate of drug-likeness (QED) is 0.187. The Kier molecular flexibility index (Phi) is 7.07. The van der Waals surface area contributed by atoms with Gasteiger partial charge in [0.15, 0.2) is 17.5 Å². The predicted molar refractivity (Wildman–Crippen MR) is 212 cm³/mol. The number of rotatable bonds is 4. The van der Waals surface area contributed by atoms with Crippen LogP contribution in [0, 0.1) is 0 Å². The molecule has 0 N–H and O–H groups in total. The number of hydrogen-bond acceptors (Lipinski definition) is 4. The molecule has 1 aliphatic rings. The van der Waals surface area contributed by atoms with Crippen LogP contribution in [-0.2, 0) is 0 Å². The maximum atomic E-state index is 5.23. The molecule has 8 aromatic carbocycles.